The Kier molecular flexibility index (Phi) is 7.55. The standard InChI is InChI=1S/C28H31N3O4/c1-5-21-7-9-23(10-8-21)34-18-31-16-22(15-29-31)30-28(32)26-13-11-24(35-26)17-33-27-14-20(4)6-12-25(27)19(2)3/h6-16,19H,5,17-18H2,1-4H3,(H,30,32). The van der Waals surface area contributed by atoms with E-state index in [1.165, 1.54) is 5.56 Å². The highest BCUT2D eigenvalue weighted by Crippen LogP contribution is 2.28. The fraction of sp³-hybridized carbons (Fsp3) is 0.286. The van der Waals surface area contributed by atoms with E-state index >= 15 is 0 Å². The molecule has 1 amide bonds. The van der Waals surface area contributed by atoms with Gasteiger partial charge in [-0.05, 0) is 66.3 Å². The Morgan fingerprint density at radius 2 is 1.89 bits per heavy atom. The number of aromatic nitrogens is 2. The number of rotatable bonds is 10. The van der Waals surface area contributed by atoms with Crippen LogP contribution in [0.5, 0.6) is 11.5 Å². The van der Waals surface area contributed by atoms with Gasteiger partial charge in [0.25, 0.3) is 5.91 Å². The van der Waals surface area contributed by atoms with Gasteiger partial charge in [0.15, 0.2) is 12.5 Å². The molecule has 4 rings (SSSR count). The Morgan fingerprint density at radius 3 is 2.63 bits per heavy atom. The monoisotopic (exact) mass is 473 g/mol. The minimum absolute atomic E-state index is 0.205. The maximum atomic E-state index is 12.6. The minimum atomic E-state index is -0.356. The normalized spacial score (nSPS) is 11.0. The molecular formula is C28H31N3O4. The van der Waals surface area contributed by atoms with E-state index in [9.17, 15) is 4.79 Å². The molecule has 2 aromatic carbocycles. The number of carbonyl (C=O) groups excluding carboxylic acids is 1. The Hall–Kier alpha value is -4.00. The Bertz CT molecular complexity index is 1270. The molecule has 0 radical (unpaired) electrons. The van der Waals surface area contributed by atoms with Crippen molar-refractivity contribution >= 4 is 11.6 Å². The van der Waals surface area contributed by atoms with Gasteiger partial charge in [-0.1, -0.05) is 45.0 Å². The van der Waals surface area contributed by atoms with Crippen LogP contribution in [0, 0.1) is 6.92 Å². The quantitative estimate of drug-likeness (QED) is 0.291. The number of nitrogens with zero attached hydrogens (tertiary/aromatic N) is 2. The SMILES string of the molecule is CCc1ccc(OCn2cc(NC(=O)c3ccc(COc4cc(C)ccc4C(C)C)o3)cn2)cc1. The molecule has 0 saturated carbocycles. The number of aryl methyl sites for hydroxylation is 2. The molecule has 182 valence electrons. The first-order valence-electron chi connectivity index (χ1n) is 11.8. The largest absolute Gasteiger partial charge is 0.485 e. The second-order valence-electron chi connectivity index (χ2n) is 8.74. The van der Waals surface area contributed by atoms with Gasteiger partial charge >= 0.3 is 0 Å². The Morgan fingerprint density at radius 1 is 1.09 bits per heavy atom. The molecule has 7 nitrogen and oxygen atoms in total. The molecule has 4 aromatic rings. The van der Waals surface area contributed by atoms with Crippen LogP contribution in [0.2, 0.25) is 0 Å². The van der Waals surface area contributed by atoms with Crippen molar-refractivity contribution in [2.24, 2.45) is 0 Å². The lowest BCUT2D eigenvalue weighted by Gasteiger charge is -2.14. The highest BCUT2D eigenvalue weighted by atomic mass is 16.5. The third kappa shape index (κ3) is 6.32. The van der Waals surface area contributed by atoms with Gasteiger partial charge in [0.2, 0.25) is 0 Å². The van der Waals surface area contributed by atoms with Crippen molar-refractivity contribution in [1.29, 1.82) is 0 Å². The molecule has 2 aromatic heterocycles. The fourth-order valence-electron chi connectivity index (χ4n) is 3.62. The summed E-state index contributed by atoms with van der Waals surface area (Å²) in [5, 5.41) is 7.03. The van der Waals surface area contributed by atoms with Gasteiger partial charge in [0, 0.05) is 0 Å². The van der Waals surface area contributed by atoms with Crippen LogP contribution in [0.1, 0.15) is 59.7 Å². The molecule has 7 heteroatoms. The second kappa shape index (κ2) is 11.0. The average molecular weight is 474 g/mol. The smallest absolute Gasteiger partial charge is 0.291 e. The van der Waals surface area contributed by atoms with Crippen molar-refractivity contribution in [3.8, 4) is 11.5 Å². The lowest BCUT2D eigenvalue weighted by molar-refractivity contribution is 0.0992. The summed E-state index contributed by atoms with van der Waals surface area (Å²) in [4.78, 5) is 12.6. The van der Waals surface area contributed by atoms with E-state index < -0.39 is 0 Å². The molecule has 0 aliphatic rings. The second-order valence-corrected chi connectivity index (χ2v) is 8.74. The number of furan rings is 1. The first-order chi connectivity index (χ1) is 16.9. The van der Waals surface area contributed by atoms with Crippen LogP contribution in [0.15, 0.2) is 71.4 Å². The third-order valence-corrected chi connectivity index (χ3v) is 5.63. The van der Waals surface area contributed by atoms with Gasteiger partial charge in [-0.25, -0.2) is 4.68 Å². The number of ether oxygens (including phenoxy) is 2. The summed E-state index contributed by atoms with van der Waals surface area (Å²) in [7, 11) is 0. The van der Waals surface area contributed by atoms with Crippen LogP contribution in [0.25, 0.3) is 0 Å². The summed E-state index contributed by atoms with van der Waals surface area (Å²) in [5.41, 5.74) is 4.07. The zero-order valence-electron chi connectivity index (χ0n) is 20.6. The minimum Gasteiger partial charge on any atom is -0.485 e. The number of carbonyl (C=O) groups is 1. The summed E-state index contributed by atoms with van der Waals surface area (Å²) in [5.74, 6) is 2.36. The Balaban J connectivity index is 1.30. The van der Waals surface area contributed by atoms with Crippen LogP contribution in [-0.4, -0.2) is 15.7 Å². The molecule has 0 fully saturated rings. The lowest BCUT2D eigenvalue weighted by Crippen LogP contribution is -2.10. The van der Waals surface area contributed by atoms with E-state index in [0.717, 1.165) is 29.0 Å². The number of hydrogen-bond acceptors (Lipinski definition) is 5. The molecule has 0 saturated heterocycles. The number of anilines is 1. The topological polar surface area (TPSA) is 78.5 Å². The zero-order valence-corrected chi connectivity index (χ0v) is 20.6. The van der Waals surface area contributed by atoms with Crippen LogP contribution < -0.4 is 14.8 Å². The van der Waals surface area contributed by atoms with Gasteiger partial charge in [-0.2, -0.15) is 5.10 Å². The van der Waals surface area contributed by atoms with Crippen molar-refractivity contribution in [2.75, 3.05) is 5.32 Å². The van der Waals surface area contributed by atoms with Gasteiger partial charge < -0.3 is 19.2 Å². The molecule has 0 bridgehead atoms. The van der Waals surface area contributed by atoms with E-state index in [4.69, 9.17) is 13.9 Å². The van der Waals surface area contributed by atoms with E-state index in [1.807, 2.05) is 37.3 Å². The molecule has 0 unspecified atom stereocenters. The summed E-state index contributed by atoms with van der Waals surface area (Å²) in [6, 6.07) is 17.5. The molecule has 0 aliphatic carbocycles. The number of hydrogen-bond donors (Lipinski definition) is 1. The van der Waals surface area contributed by atoms with Crippen molar-refractivity contribution in [3.05, 3.63) is 95.2 Å². The number of benzene rings is 2. The van der Waals surface area contributed by atoms with Gasteiger partial charge in [0.05, 0.1) is 18.1 Å². The maximum Gasteiger partial charge on any atom is 0.291 e. The van der Waals surface area contributed by atoms with Crippen molar-refractivity contribution in [2.45, 2.75) is 53.4 Å². The molecular weight excluding hydrogens is 442 g/mol. The first kappa shape index (κ1) is 24.1. The van der Waals surface area contributed by atoms with Crippen LogP contribution in [0.4, 0.5) is 5.69 Å². The molecule has 1 N–H and O–H groups in total. The predicted molar refractivity (Wildman–Crippen MR) is 135 cm³/mol. The van der Waals surface area contributed by atoms with E-state index in [1.54, 1.807) is 29.2 Å². The molecule has 0 aliphatic heterocycles. The molecule has 0 spiro atoms. The van der Waals surface area contributed by atoms with E-state index in [0.29, 0.717) is 17.4 Å². The van der Waals surface area contributed by atoms with Crippen LogP contribution in [-0.2, 0) is 19.8 Å². The highest BCUT2D eigenvalue weighted by molar-refractivity contribution is 6.02. The van der Waals surface area contributed by atoms with Gasteiger partial charge in [0.1, 0.15) is 23.9 Å². The fourth-order valence-corrected chi connectivity index (χ4v) is 3.62. The molecule has 35 heavy (non-hydrogen) atoms. The zero-order chi connectivity index (χ0) is 24.8. The van der Waals surface area contributed by atoms with Gasteiger partial charge in [-0.15, -0.1) is 0 Å². The van der Waals surface area contributed by atoms with Crippen molar-refractivity contribution in [3.63, 3.8) is 0 Å². The van der Waals surface area contributed by atoms with Crippen molar-refractivity contribution in [1.82, 2.24) is 9.78 Å². The van der Waals surface area contributed by atoms with Crippen molar-refractivity contribution < 1.29 is 18.7 Å². The van der Waals surface area contributed by atoms with Crippen LogP contribution in [0.3, 0.4) is 0 Å². The lowest BCUT2D eigenvalue weighted by atomic mass is 10.0. The summed E-state index contributed by atoms with van der Waals surface area (Å²) >= 11 is 0. The number of amides is 1. The third-order valence-electron chi connectivity index (χ3n) is 5.63. The highest BCUT2D eigenvalue weighted by Gasteiger charge is 2.14. The summed E-state index contributed by atoms with van der Waals surface area (Å²) < 4.78 is 19.1. The average Bonchev–Trinajstić information content (AvgIpc) is 3.51. The van der Waals surface area contributed by atoms with Crippen LogP contribution >= 0.6 is 0 Å². The molecule has 0 atom stereocenters. The maximum absolute atomic E-state index is 12.6. The van der Waals surface area contributed by atoms with E-state index in [-0.39, 0.29) is 25.0 Å². The predicted octanol–water partition coefficient (Wildman–Crippen LogP) is 6.34. The summed E-state index contributed by atoms with van der Waals surface area (Å²) in [6.45, 7) is 8.88. The number of nitrogens with one attached hydrogen (secondary N) is 1. The molecule has 2 heterocycles. The Labute approximate surface area is 205 Å². The van der Waals surface area contributed by atoms with Gasteiger partial charge in [-0.3, -0.25) is 4.79 Å². The first-order valence-corrected chi connectivity index (χ1v) is 11.8. The van der Waals surface area contributed by atoms with E-state index in [2.05, 4.69) is 43.3 Å². The summed E-state index contributed by atoms with van der Waals surface area (Å²) in [6.07, 6.45) is 4.26.